The monoisotopic (exact) mass is 373 g/mol. The van der Waals surface area contributed by atoms with Crippen LogP contribution in [0.15, 0.2) is 36.4 Å². The smallest absolute Gasteiger partial charge is 0.326 e. The van der Waals surface area contributed by atoms with Crippen LogP contribution in [0, 0.1) is 11.6 Å². The van der Waals surface area contributed by atoms with E-state index in [0.29, 0.717) is 11.6 Å². The van der Waals surface area contributed by atoms with Gasteiger partial charge in [-0.25, -0.2) is 13.6 Å². The molecule has 0 bridgehead atoms. The van der Waals surface area contributed by atoms with Crippen molar-refractivity contribution in [2.45, 2.75) is 12.5 Å². The first-order valence-corrected chi connectivity index (χ1v) is 7.46. The summed E-state index contributed by atoms with van der Waals surface area (Å²) in [6.45, 7) is 0. The summed E-state index contributed by atoms with van der Waals surface area (Å²) in [4.78, 5) is 23.4. The molecule has 0 saturated heterocycles. The third-order valence-corrected chi connectivity index (χ3v) is 3.91. The van der Waals surface area contributed by atoms with Crippen LogP contribution in [0.3, 0.4) is 0 Å². The zero-order valence-corrected chi connectivity index (χ0v) is 13.5. The SMILES string of the molecule is O=C(N[C@H](Cc1c(Cl)cccc1Cl)C(=O)O)c1cc(F)cc(F)c1. The molecule has 0 aliphatic rings. The lowest BCUT2D eigenvalue weighted by Gasteiger charge is -2.16. The maximum Gasteiger partial charge on any atom is 0.326 e. The quantitative estimate of drug-likeness (QED) is 0.839. The summed E-state index contributed by atoms with van der Waals surface area (Å²) in [7, 11) is 0. The number of aliphatic carboxylic acids is 1. The average molecular weight is 374 g/mol. The Morgan fingerprint density at radius 2 is 1.62 bits per heavy atom. The predicted molar refractivity (Wildman–Crippen MR) is 85.4 cm³/mol. The van der Waals surface area contributed by atoms with Crippen molar-refractivity contribution in [2.24, 2.45) is 0 Å². The zero-order valence-electron chi connectivity index (χ0n) is 12.0. The average Bonchev–Trinajstić information content (AvgIpc) is 2.48. The Kier molecular flexibility index (Phi) is 5.75. The summed E-state index contributed by atoms with van der Waals surface area (Å²) < 4.78 is 26.3. The molecule has 0 radical (unpaired) electrons. The number of carbonyl (C=O) groups is 2. The second-order valence-corrected chi connectivity index (χ2v) is 5.74. The number of hydrogen-bond acceptors (Lipinski definition) is 2. The molecule has 1 atom stereocenters. The summed E-state index contributed by atoms with van der Waals surface area (Å²) >= 11 is 12.0. The van der Waals surface area contributed by atoms with Gasteiger partial charge in [-0.05, 0) is 29.8 Å². The topological polar surface area (TPSA) is 66.4 Å². The molecule has 2 aromatic carbocycles. The molecule has 0 aliphatic heterocycles. The van der Waals surface area contributed by atoms with Crippen LogP contribution in [-0.4, -0.2) is 23.0 Å². The number of amides is 1. The normalized spacial score (nSPS) is 11.8. The summed E-state index contributed by atoms with van der Waals surface area (Å²) in [5.74, 6) is -4.15. The van der Waals surface area contributed by atoms with E-state index in [4.69, 9.17) is 23.2 Å². The Morgan fingerprint density at radius 3 is 2.12 bits per heavy atom. The summed E-state index contributed by atoms with van der Waals surface area (Å²) in [6, 6.07) is 5.50. The van der Waals surface area contributed by atoms with Gasteiger partial charge in [-0.2, -0.15) is 0 Å². The molecule has 126 valence electrons. The van der Waals surface area contributed by atoms with Gasteiger partial charge >= 0.3 is 5.97 Å². The van der Waals surface area contributed by atoms with E-state index in [9.17, 15) is 23.5 Å². The number of rotatable bonds is 5. The number of benzene rings is 2. The second-order valence-electron chi connectivity index (χ2n) is 4.93. The Balaban J connectivity index is 2.22. The van der Waals surface area contributed by atoms with Gasteiger partial charge in [-0.15, -0.1) is 0 Å². The highest BCUT2D eigenvalue weighted by Crippen LogP contribution is 2.25. The van der Waals surface area contributed by atoms with Gasteiger partial charge in [0.15, 0.2) is 0 Å². The number of carboxylic acid groups (broad SMARTS) is 1. The van der Waals surface area contributed by atoms with Gasteiger partial charge in [0.1, 0.15) is 17.7 Å². The lowest BCUT2D eigenvalue weighted by atomic mass is 10.0. The molecule has 2 N–H and O–H groups in total. The summed E-state index contributed by atoms with van der Waals surface area (Å²) in [6.07, 6.45) is -0.183. The van der Waals surface area contributed by atoms with Crippen LogP contribution >= 0.6 is 23.2 Å². The fourth-order valence-electron chi connectivity index (χ4n) is 2.06. The van der Waals surface area contributed by atoms with E-state index in [0.717, 1.165) is 12.1 Å². The number of nitrogens with one attached hydrogen (secondary N) is 1. The first kappa shape index (κ1) is 18.2. The van der Waals surface area contributed by atoms with Gasteiger partial charge in [0, 0.05) is 28.1 Å². The molecule has 0 fully saturated rings. The van der Waals surface area contributed by atoms with Crippen molar-refractivity contribution in [2.75, 3.05) is 0 Å². The van der Waals surface area contributed by atoms with Gasteiger partial charge in [0.2, 0.25) is 0 Å². The Labute approximate surface area is 146 Å². The van der Waals surface area contributed by atoms with Crippen LogP contribution in [0.5, 0.6) is 0 Å². The lowest BCUT2D eigenvalue weighted by Crippen LogP contribution is -2.42. The van der Waals surface area contributed by atoms with Crippen molar-refractivity contribution in [1.29, 1.82) is 0 Å². The molecule has 0 unspecified atom stereocenters. The molecule has 1 amide bonds. The van der Waals surface area contributed by atoms with Gasteiger partial charge < -0.3 is 10.4 Å². The molecule has 24 heavy (non-hydrogen) atoms. The highest BCUT2D eigenvalue weighted by atomic mass is 35.5. The standard InChI is InChI=1S/C16H11Cl2F2NO3/c17-12-2-1-3-13(18)11(12)7-14(16(23)24)21-15(22)8-4-9(19)6-10(20)5-8/h1-6,14H,7H2,(H,21,22)(H,23,24)/t14-/m1/s1. The van der Waals surface area contributed by atoms with Gasteiger partial charge in [0.25, 0.3) is 5.91 Å². The third kappa shape index (κ3) is 4.43. The zero-order chi connectivity index (χ0) is 17.9. The van der Waals surface area contributed by atoms with Crippen LogP contribution in [0.2, 0.25) is 10.0 Å². The largest absolute Gasteiger partial charge is 0.480 e. The van der Waals surface area contributed by atoms with Crippen molar-refractivity contribution >= 4 is 35.1 Å². The molecule has 4 nitrogen and oxygen atoms in total. The summed E-state index contributed by atoms with van der Waals surface area (Å²) in [5, 5.41) is 12.0. The molecule has 2 rings (SSSR count). The molecule has 0 saturated carbocycles. The van der Waals surface area contributed by atoms with E-state index in [1.165, 1.54) is 12.1 Å². The lowest BCUT2D eigenvalue weighted by molar-refractivity contribution is -0.139. The molecule has 0 spiro atoms. The molecular formula is C16H11Cl2F2NO3. The van der Waals surface area contributed by atoms with E-state index < -0.39 is 29.6 Å². The van der Waals surface area contributed by atoms with E-state index >= 15 is 0 Å². The van der Waals surface area contributed by atoms with Gasteiger partial charge in [-0.1, -0.05) is 29.3 Å². The van der Waals surface area contributed by atoms with Crippen molar-refractivity contribution < 1.29 is 23.5 Å². The molecule has 0 aromatic heterocycles. The van der Waals surface area contributed by atoms with Crippen LogP contribution < -0.4 is 5.32 Å². The highest BCUT2D eigenvalue weighted by Gasteiger charge is 2.24. The Bertz CT molecular complexity index is 758. The maximum atomic E-state index is 13.2. The minimum Gasteiger partial charge on any atom is -0.480 e. The molecule has 2 aromatic rings. The van der Waals surface area contributed by atoms with Crippen molar-refractivity contribution in [3.05, 3.63) is 69.2 Å². The fourth-order valence-corrected chi connectivity index (χ4v) is 2.61. The van der Waals surface area contributed by atoms with Crippen molar-refractivity contribution in [3.8, 4) is 0 Å². The van der Waals surface area contributed by atoms with Crippen molar-refractivity contribution in [1.82, 2.24) is 5.32 Å². The number of carbonyl (C=O) groups excluding carboxylic acids is 1. The van der Waals surface area contributed by atoms with Crippen LogP contribution in [-0.2, 0) is 11.2 Å². The minimum absolute atomic E-state index is 0.183. The van der Waals surface area contributed by atoms with Crippen LogP contribution in [0.1, 0.15) is 15.9 Å². The van der Waals surface area contributed by atoms with E-state index in [2.05, 4.69) is 5.32 Å². The van der Waals surface area contributed by atoms with E-state index in [-0.39, 0.29) is 22.0 Å². The molecule has 0 heterocycles. The van der Waals surface area contributed by atoms with Crippen LogP contribution in [0.4, 0.5) is 8.78 Å². The third-order valence-electron chi connectivity index (χ3n) is 3.20. The van der Waals surface area contributed by atoms with Crippen LogP contribution in [0.25, 0.3) is 0 Å². The molecule has 0 aliphatic carbocycles. The highest BCUT2D eigenvalue weighted by molar-refractivity contribution is 6.36. The van der Waals surface area contributed by atoms with Crippen molar-refractivity contribution in [3.63, 3.8) is 0 Å². The number of carboxylic acids is 1. The minimum atomic E-state index is -1.37. The first-order chi connectivity index (χ1) is 11.3. The molecule has 8 heteroatoms. The Hall–Kier alpha value is -2.18. The second kappa shape index (κ2) is 7.59. The van der Waals surface area contributed by atoms with Gasteiger partial charge in [0.05, 0.1) is 0 Å². The van der Waals surface area contributed by atoms with Gasteiger partial charge in [-0.3, -0.25) is 4.79 Å². The molecular weight excluding hydrogens is 363 g/mol. The first-order valence-electron chi connectivity index (χ1n) is 6.70. The van der Waals surface area contributed by atoms with E-state index in [1.54, 1.807) is 6.07 Å². The number of halogens is 4. The Morgan fingerprint density at radius 1 is 1.08 bits per heavy atom. The van der Waals surface area contributed by atoms with E-state index in [1.807, 2.05) is 0 Å². The fraction of sp³-hybridized carbons (Fsp3) is 0.125. The summed E-state index contributed by atoms with van der Waals surface area (Å²) in [5.41, 5.74) is 0.0166. The number of hydrogen-bond donors (Lipinski definition) is 2. The predicted octanol–water partition coefficient (Wildman–Crippen LogP) is 3.70. The maximum absolute atomic E-state index is 13.2.